The van der Waals surface area contributed by atoms with Crippen molar-refractivity contribution in [3.05, 3.63) is 0 Å². The van der Waals surface area contributed by atoms with E-state index in [1.165, 1.54) is 24.6 Å². The predicted molar refractivity (Wildman–Crippen MR) is 56.6 cm³/mol. The Hall–Kier alpha value is -0.660. The molecular weight excluding hydrogens is 214 g/mol. The number of ether oxygens (including phenoxy) is 1. The number of hydrogen-bond donors (Lipinski definition) is 1. The molecule has 0 bridgehead atoms. The molecule has 0 atom stereocenters. The van der Waals surface area contributed by atoms with Gasteiger partial charge < -0.3 is 10.1 Å². The molecule has 1 aromatic rings. The van der Waals surface area contributed by atoms with Gasteiger partial charge in [0, 0.05) is 19.7 Å². The van der Waals surface area contributed by atoms with E-state index >= 15 is 0 Å². The van der Waals surface area contributed by atoms with Crippen molar-refractivity contribution < 1.29 is 4.74 Å². The molecule has 1 aliphatic rings. The first-order chi connectivity index (χ1) is 7.40. The van der Waals surface area contributed by atoms with Crippen molar-refractivity contribution in [1.82, 2.24) is 25.5 Å². The van der Waals surface area contributed by atoms with Gasteiger partial charge in [0.2, 0.25) is 5.16 Å². The van der Waals surface area contributed by atoms with E-state index in [4.69, 9.17) is 4.74 Å². The number of hydrogen-bond acceptors (Lipinski definition) is 6. The summed E-state index contributed by atoms with van der Waals surface area (Å²) < 4.78 is 6.77. The second-order valence-electron chi connectivity index (χ2n) is 3.46. The smallest absolute Gasteiger partial charge is 0.211 e. The first kappa shape index (κ1) is 10.8. The normalized spacial score (nSPS) is 15.8. The van der Waals surface area contributed by atoms with Gasteiger partial charge in [0.05, 0.1) is 12.5 Å². The van der Waals surface area contributed by atoms with Crippen molar-refractivity contribution >= 4 is 11.8 Å². The molecule has 1 N–H and O–H groups in total. The Labute approximate surface area is 92.8 Å². The first-order valence-corrected chi connectivity index (χ1v) is 6.00. The Morgan fingerprint density at radius 3 is 3.20 bits per heavy atom. The molecule has 1 aromatic heterocycles. The lowest BCUT2D eigenvalue weighted by Crippen LogP contribution is -2.22. The lowest BCUT2D eigenvalue weighted by atomic mass is 10.6. The summed E-state index contributed by atoms with van der Waals surface area (Å²) >= 11 is 1.51. The molecule has 7 heteroatoms. The van der Waals surface area contributed by atoms with E-state index in [1.54, 1.807) is 11.8 Å². The largest absolute Gasteiger partial charge is 0.374 e. The number of nitrogens with zero attached hydrogens (tertiary/aromatic N) is 4. The topological polar surface area (TPSA) is 64.9 Å². The average molecular weight is 229 g/mol. The first-order valence-electron chi connectivity index (χ1n) is 5.01. The van der Waals surface area contributed by atoms with Crippen molar-refractivity contribution in [3.8, 4) is 0 Å². The molecule has 0 saturated heterocycles. The molecule has 0 amide bonds. The molecule has 0 aliphatic heterocycles. The zero-order valence-corrected chi connectivity index (χ0v) is 9.53. The summed E-state index contributed by atoms with van der Waals surface area (Å²) in [7, 11) is 1.66. The van der Waals surface area contributed by atoms with Crippen LogP contribution >= 0.6 is 11.8 Å². The molecule has 2 rings (SSSR count). The fraction of sp³-hybridized carbons (Fsp3) is 0.875. The third-order valence-electron chi connectivity index (χ3n) is 2.14. The second-order valence-corrected chi connectivity index (χ2v) is 4.35. The van der Waals surface area contributed by atoms with Crippen LogP contribution < -0.4 is 5.32 Å². The van der Waals surface area contributed by atoms with Crippen LogP contribution in [0.1, 0.15) is 12.8 Å². The Kier molecular flexibility index (Phi) is 3.93. The van der Waals surface area contributed by atoms with Crippen LogP contribution in [0.15, 0.2) is 5.16 Å². The number of methoxy groups -OCH3 is 1. The van der Waals surface area contributed by atoms with Crippen LogP contribution in [0.3, 0.4) is 0 Å². The monoisotopic (exact) mass is 229 g/mol. The van der Waals surface area contributed by atoms with Crippen molar-refractivity contribution in [2.45, 2.75) is 30.6 Å². The highest BCUT2D eigenvalue weighted by molar-refractivity contribution is 7.99. The molecule has 0 radical (unpaired) electrons. The molecule has 1 heterocycles. The number of rotatable bonds is 7. The predicted octanol–water partition coefficient (Wildman–Crippen LogP) is 0.121. The molecule has 84 valence electrons. The molecule has 1 saturated carbocycles. The standard InChI is InChI=1S/C8H15N5OS/c1-14-6-15-8-10-11-12-13(8)5-4-9-7-2-3-7/h7,9H,2-6H2,1H3. The minimum Gasteiger partial charge on any atom is -0.374 e. The Bertz CT molecular complexity index is 301. The Balaban J connectivity index is 1.75. The fourth-order valence-electron chi connectivity index (χ4n) is 1.21. The summed E-state index contributed by atoms with van der Waals surface area (Å²) in [6, 6.07) is 0.733. The summed E-state index contributed by atoms with van der Waals surface area (Å²) in [5.41, 5.74) is 0. The maximum Gasteiger partial charge on any atom is 0.211 e. The highest BCUT2D eigenvalue weighted by Crippen LogP contribution is 2.18. The minimum absolute atomic E-state index is 0.580. The second kappa shape index (κ2) is 5.43. The zero-order valence-electron chi connectivity index (χ0n) is 8.72. The van der Waals surface area contributed by atoms with E-state index < -0.39 is 0 Å². The van der Waals surface area contributed by atoms with Gasteiger partial charge in [0.1, 0.15) is 0 Å². The molecule has 0 unspecified atom stereocenters. The van der Waals surface area contributed by atoms with Crippen LogP contribution in [0.5, 0.6) is 0 Å². The summed E-state index contributed by atoms with van der Waals surface area (Å²) in [6.45, 7) is 1.74. The van der Waals surface area contributed by atoms with E-state index in [9.17, 15) is 0 Å². The highest BCUT2D eigenvalue weighted by atomic mass is 32.2. The summed E-state index contributed by atoms with van der Waals surface area (Å²) in [4.78, 5) is 0. The molecule has 1 fully saturated rings. The number of thioether (sulfide) groups is 1. The van der Waals surface area contributed by atoms with Crippen LogP contribution in [-0.2, 0) is 11.3 Å². The maximum absolute atomic E-state index is 4.96. The van der Waals surface area contributed by atoms with Gasteiger partial charge in [0.15, 0.2) is 0 Å². The van der Waals surface area contributed by atoms with Crippen molar-refractivity contribution in [2.75, 3.05) is 19.6 Å². The fourth-order valence-corrected chi connectivity index (χ4v) is 1.81. The average Bonchev–Trinajstić information content (AvgIpc) is 2.95. The summed E-state index contributed by atoms with van der Waals surface area (Å²) in [5, 5.41) is 15.7. The lowest BCUT2D eigenvalue weighted by molar-refractivity contribution is 0.258. The van der Waals surface area contributed by atoms with Crippen LogP contribution in [-0.4, -0.2) is 45.8 Å². The molecular formula is C8H15N5OS. The summed E-state index contributed by atoms with van der Waals surface area (Å²) in [6.07, 6.45) is 2.61. The van der Waals surface area contributed by atoms with Gasteiger partial charge in [-0.1, -0.05) is 11.8 Å². The van der Waals surface area contributed by atoms with Gasteiger partial charge >= 0.3 is 0 Å². The van der Waals surface area contributed by atoms with E-state index in [2.05, 4.69) is 20.8 Å². The van der Waals surface area contributed by atoms with E-state index in [1.807, 2.05) is 0 Å². The van der Waals surface area contributed by atoms with Gasteiger partial charge in [-0.05, 0) is 23.3 Å². The van der Waals surface area contributed by atoms with E-state index in [-0.39, 0.29) is 0 Å². The van der Waals surface area contributed by atoms with Crippen molar-refractivity contribution in [2.24, 2.45) is 0 Å². The van der Waals surface area contributed by atoms with Gasteiger partial charge in [-0.15, -0.1) is 5.10 Å². The van der Waals surface area contributed by atoms with E-state index in [0.717, 1.165) is 24.3 Å². The highest BCUT2D eigenvalue weighted by Gasteiger charge is 2.19. The van der Waals surface area contributed by atoms with Gasteiger partial charge in [0.25, 0.3) is 0 Å². The van der Waals surface area contributed by atoms with Gasteiger partial charge in [-0.2, -0.15) is 0 Å². The number of aromatic nitrogens is 4. The van der Waals surface area contributed by atoms with Crippen LogP contribution in [0.4, 0.5) is 0 Å². The van der Waals surface area contributed by atoms with Crippen LogP contribution in [0, 0.1) is 0 Å². The van der Waals surface area contributed by atoms with Gasteiger partial charge in [-0.25, -0.2) is 4.68 Å². The maximum atomic E-state index is 4.96. The minimum atomic E-state index is 0.580. The third kappa shape index (κ3) is 3.44. The Morgan fingerprint density at radius 1 is 1.60 bits per heavy atom. The van der Waals surface area contributed by atoms with Gasteiger partial charge in [-0.3, -0.25) is 0 Å². The molecule has 1 aliphatic carbocycles. The zero-order chi connectivity index (χ0) is 10.5. The summed E-state index contributed by atoms with van der Waals surface area (Å²) in [5.74, 6) is 0.580. The number of tetrazole rings is 1. The van der Waals surface area contributed by atoms with E-state index in [0.29, 0.717) is 5.94 Å². The van der Waals surface area contributed by atoms with Crippen molar-refractivity contribution in [1.29, 1.82) is 0 Å². The Morgan fingerprint density at radius 2 is 2.47 bits per heavy atom. The third-order valence-corrected chi connectivity index (χ3v) is 3.04. The van der Waals surface area contributed by atoms with Crippen LogP contribution in [0.2, 0.25) is 0 Å². The SMILES string of the molecule is COCSc1nnnn1CCNC1CC1. The number of nitrogens with one attached hydrogen (secondary N) is 1. The molecule has 0 spiro atoms. The lowest BCUT2D eigenvalue weighted by Gasteiger charge is -2.04. The quantitative estimate of drug-likeness (QED) is 0.529. The molecule has 6 nitrogen and oxygen atoms in total. The van der Waals surface area contributed by atoms with Crippen molar-refractivity contribution in [3.63, 3.8) is 0 Å². The molecule has 15 heavy (non-hydrogen) atoms. The molecule has 0 aromatic carbocycles. The van der Waals surface area contributed by atoms with Crippen LogP contribution in [0.25, 0.3) is 0 Å².